The molecule has 0 saturated carbocycles. The fourth-order valence-corrected chi connectivity index (χ4v) is 2.41. The third-order valence-corrected chi connectivity index (χ3v) is 3.56. The Bertz CT molecular complexity index is 504. The molecule has 1 aromatic carbocycles. The summed E-state index contributed by atoms with van der Waals surface area (Å²) in [5.41, 5.74) is 4.67. The van der Waals surface area contributed by atoms with Gasteiger partial charge in [0.2, 0.25) is 0 Å². The molecule has 1 heterocycles. The predicted molar refractivity (Wildman–Crippen MR) is 70.5 cm³/mol. The number of carbonyl (C=O) groups excluding carboxylic acids is 1. The van der Waals surface area contributed by atoms with E-state index in [1.165, 1.54) is 6.07 Å². The molecule has 0 amide bonds. The molecule has 20 heavy (non-hydrogen) atoms. The normalized spacial score (nSPS) is 23.7. The van der Waals surface area contributed by atoms with Crippen molar-refractivity contribution in [3.8, 4) is 0 Å². The first kappa shape index (κ1) is 14.6. The van der Waals surface area contributed by atoms with Crippen LogP contribution < -0.4 is 16.0 Å². The van der Waals surface area contributed by atoms with Gasteiger partial charge in [-0.25, -0.2) is 0 Å². The SMILES string of the molecule is CC1C(C=O)NCCN1c1ccc(N)c(C(F)(F)F)c1. The Morgan fingerprint density at radius 2 is 2.15 bits per heavy atom. The number of hydrogen-bond acceptors (Lipinski definition) is 4. The van der Waals surface area contributed by atoms with Crippen LogP contribution in [0.3, 0.4) is 0 Å². The smallest absolute Gasteiger partial charge is 0.398 e. The summed E-state index contributed by atoms with van der Waals surface area (Å²) in [7, 11) is 0. The monoisotopic (exact) mass is 287 g/mol. The molecule has 0 spiro atoms. The first-order chi connectivity index (χ1) is 9.34. The highest BCUT2D eigenvalue weighted by Gasteiger charge is 2.34. The average molecular weight is 287 g/mol. The van der Waals surface area contributed by atoms with E-state index in [9.17, 15) is 18.0 Å². The van der Waals surface area contributed by atoms with Gasteiger partial charge < -0.3 is 20.7 Å². The highest BCUT2D eigenvalue weighted by atomic mass is 19.4. The van der Waals surface area contributed by atoms with Crippen molar-refractivity contribution in [1.82, 2.24) is 5.32 Å². The fraction of sp³-hybridized carbons (Fsp3) is 0.462. The van der Waals surface area contributed by atoms with Gasteiger partial charge in [0.05, 0.1) is 11.6 Å². The Hall–Kier alpha value is -1.76. The zero-order valence-corrected chi connectivity index (χ0v) is 10.9. The van der Waals surface area contributed by atoms with Crippen molar-refractivity contribution in [3.05, 3.63) is 23.8 Å². The molecule has 7 heteroatoms. The summed E-state index contributed by atoms with van der Waals surface area (Å²) < 4.78 is 38.6. The van der Waals surface area contributed by atoms with Gasteiger partial charge in [-0.15, -0.1) is 0 Å². The minimum atomic E-state index is -4.48. The van der Waals surface area contributed by atoms with E-state index in [0.717, 1.165) is 12.4 Å². The minimum absolute atomic E-state index is 0.217. The lowest BCUT2D eigenvalue weighted by Crippen LogP contribution is -2.57. The van der Waals surface area contributed by atoms with Crippen molar-refractivity contribution in [3.63, 3.8) is 0 Å². The molecule has 1 fully saturated rings. The molecule has 1 aliphatic rings. The van der Waals surface area contributed by atoms with Crippen LogP contribution in [0.15, 0.2) is 18.2 Å². The van der Waals surface area contributed by atoms with Gasteiger partial charge in [-0.3, -0.25) is 0 Å². The van der Waals surface area contributed by atoms with Gasteiger partial charge in [-0.2, -0.15) is 13.2 Å². The predicted octanol–water partition coefficient (Wildman–Crippen LogP) is 1.65. The van der Waals surface area contributed by atoms with E-state index < -0.39 is 17.8 Å². The molecule has 0 bridgehead atoms. The Morgan fingerprint density at radius 3 is 2.75 bits per heavy atom. The molecule has 3 N–H and O–H groups in total. The molecule has 4 nitrogen and oxygen atoms in total. The minimum Gasteiger partial charge on any atom is -0.398 e. The van der Waals surface area contributed by atoms with E-state index in [-0.39, 0.29) is 11.7 Å². The number of carbonyl (C=O) groups is 1. The van der Waals surface area contributed by atoms with Crippen LogP contribution in [-0.2, 0) is 11.0 Å². The van der Waals surface area contributed by atoms with E-state index in [2.05, 4.69) is 5.32 Å². The van der Waals surface area contributed by atoms with Gasteiger partial charge in [-0.1, -0.05) is 0 Å². The Balaban J connectivity index is 2.35. The van der Waals surface area contributed by atoms with Crippen LogP contribution in [0.5, 0.6) is 0 Å². The summed E-state index contributed by atoms with van der Waals surface area (Å²) in [6.45, 7) is 2.88. The van der Waals surface area contributed by atoms with Crippen molar-refractivity contribution in [2.45, 2.75) is 25.2 Å². The van der Waals surface area contributed by atoms with Crippen LogP contribution in [0.2, 0.25) is 0 Å². The number of aldehydes is 1. The van der Waals surface area contributed by atoms with Gasteiger partial charge >= 0.3 is 6.18 Å². The molecule has 110 valence electrons. The number of nitrogens with one attached hydrogen (secondary N) is 1. The summed E-state index contributed by atoms with van der Waals surface area (Å²) in [6, 6.07) is 3.23. The van der Waals surface area contributed by atoms with Gasteiger partial charge in [-0.05, 0) is 25.1 Å². The van der Waals surface area contributed by atoms with E-state index in [1.807, 2.05) is 0 Å². The van der Waals surface area contributed by atoms with Gasteiger partial charge in [0, 0.05) is 30.5 Å². The molecular weight excluding hydrogens is 271 g/mol. The maximum atomic E-state index is 12.9. The number of anilines is 2. The Kier molecular flexibility index (Phi) is 3.89. The topological polar surface area (TPSA) is 58.4 Å². The maximum absolute atomic E-state index is 12.9. The fourth-order valence-electron chi connectivity index (χ4n) is 2.41. The van der Waals surface area contributed by atoms with E-state index in [4.69, 9.17) is 5.73 Å². The summed E-state index contributed by atoms with van der Waals surface area (Å²) in [5.74, 6) is 0. The average Bonchev–Trinajstić information content (AvgIpc) is 2.38. The summed E-state index contributed by atoms with van der Waals surface area (Å²) in [6.07, 6.45) is -3.71. The van der Waals surface area contributed by atoms with E-state index >= 15 is 0 Å². The zero-order valence-electron chi connectivity index (χ0n) is 10.9. The molecule has 0 aliphatic carbocycles. The van der Waals surface area contributed by atoms with Crippen molar-refractivity contribution in [2.75, 3.05) is 23.7 Å². The number of piperazine rings is 1. The lowest BCUT2D eigenvalue weighted by atomic mass is 10.0. The summed E-state index contributed by atoms with van der Waals surface area (Å²) in [5, 5.41) is 3.02. The third kappa shape index (κ3) is 2.72. The lowest BCUT2D eigenvalue weighted by molar-refractivity contribution is -0.136. The van der Waals surface area contributed by atoms with E-state index in [0.29, 0.717) is 18.8 Å². The van der Waals surface area contributed by atoms with Crippen LogP contribution in [0.4, 0.5) is 24.5 Å². The molecule has 0 aromatic heterocycles. The number of alkyl halides is 3. The quantitative estimate of drug-likeness (QED) is 0.641. The van der Waals surface area contributed by atoms with E-state index in [1.54, 1.807) is 17.9 Å². The number of halogens is 3. The second-order valence-corrected chi connectivity index (χ2v) is 4.82. The first-order valence-corrected chi connectivity index (χ1v) is 6.26. The van der Waals surface area contributed by atoms with Crippen LogP contribution in [-0.4, -0.2) is 31.5 Å². The number of hydrogen-bond donors (Lipinski definition) is 2. The highest BCUT2D eigenvalue weighted by Crippen LogP contribution is 2.36. The third-order valence-electron chi connectivity index (χ3n) is 3.56. The van der Waals surface area contributed by atoms with Crippen LogP contribution >= 0.6 is 0 Å². The molecule has 1 saturated heterocycles. The standard InChI is InChI=1S/C13H16F3N3O/c1-8-12(7-20)18-4-5-19(8)9-2-3-11(17)10(6-9)13(14,15)16/h2-3,6-8,12,18H,4-5,17H2,1H3. The van der Waals surface area contributed by atoms with Crippen LogP contribution in [0.25, 0.3) is 0 Å². The number of benzene rings is 1. The largest absolute Gasteiger partial charge is 0.418 e. The molecular formula is C13H16F3N3O. The Morgan fingerprint density at radius 1 is 1.45 bits per heavy atom. The molecule has 2 unspecified atom stereocenters. The van der Waals surface area contributed by atoms with Crippen LogP contribution in [0, 0.1) is 0 Å². The van der Waals surface area contributed by atoms with Crippen molar-refractivity contribution in [1.29, 1.82) is 0 Å². The van der Waals surface area contributed by atoms with Gasteiger partial charge in [0.25, 0.3) is 0 Å². The van der Waals surface area contributed by atoms with Crippen LogP contribution in [0.1, 0.15) is 12.5 Å². The summed E-state index contributed by atoms with van der Waals surface area (Å²) >= 11 is 0. The van der Waals surface area contributed by atoms with Crippen molar-refractivity contribution < 1.29 is 18.0 Å². The zero-order chi connectivity index (χ0) is 14.9. The molecule has 1 aromatic rings. The lowest BCUT2D eigenvalue weighted by Gasteiger charge is -2.39. The molecule has 1 aliphatic heterocycles. The van der Waals surface area contributed by atoms with Crippen molar-refractivity contribution >= 4 is 17.7 Å². The number of rotatable bonds is 2. The second kappa shape index (κ2) is 5.32. The molecule has 0 radical (unpaired) electrons. The highest BCUT2D eigenvalue weighted by molar-refractivity contribution is 5.64. The maximum Gasteiger partial charge on any atom is 0.418 e. The Labute approximate surface area is 114 Å². The first-order valence-electron chi connectivity index (χ1n) is 6.26. The number of nitrogen functional groups attached to an aromatic ring is 1. The van der Waals surface area contributed by atoms with Crippen molar-refractivity contribution in [2.24, 2.45) is 0 Å². The molecule has 2 rings (SSSR count). The number of nitrogens with zero attached hydrogens (tertiary/aromatic N) is 1. The summed E-state index contributed by atoms with van der Waals surface area (Å²) in [4.78, 5) is 12.7. The van der Waals surface area contributed by atoms with Gasteiger partial charge in [0.15, 0.2) is 0 Å². The van der Waals surface area contributed by atoms with Gasteiger partial charge in [0.1, 0.15) is 6.29 Å². The number of nitrogens with two attached hydrogens (primary N) is 1. The second-order valence-electron chi connectivity index (χ2n) is 4.82. The molecule has 2 atom stereocenters.